The minimum Gasteiger partial charge on any atom is -0.392 e. The maximum absolute atomic E-state index is 11.1. The Bertz CT molecular complexity index is 260. The molecule has 1 rings (SSSR count). The molecule has 0 aromatic carbocycles. The van der Waals surface area contributed by atoms with Gasteiger partial charge in [-0.15, -0.1) is 0 Å². The lowest BCUT2D eigenvalue weighted by Gasteiger charge is -2.29. The van der Waals surface area contributed by atoms with Gasteiger partial charge in [-0.3, -0.25) is 4.90 Å². The molecular formula is C9H19NO3S. The van der Waals surface area contributed by atoms with Crippen LogP contribution in [0.25, 0.3) is 0 Å². The maximum atomic E-state index is 11.1. The molecule has 4 nitrogen and oxygen atoms in total. The van der Waals surface area contributed by atoms with Gasteiger partial charge in [-0.2, -0.15) is 0 Å². The van der Waals surface area contributed by atoms with Crippen LogP contribution in [0.2, 0.25) is 0 Å². The Morgan fingerprint density at radius 2 is 1.79 bits per heavy atom. The average Bonchev–Trinajstić information content (AvgIpc) is 2.08. The van der Waals surface area contributed by atoms with E-state index in [0.717, 1.165) is 0 Å². The number of β-amino-alcohol motifs (C(OH)–C–C–N with tert-alkyl or cyclic N) is 1. The molecule has 1 saturated heterocycles. The molecular weight excluding hydrogens is 202 g/mol. The van der Waals surface area contributed by atoms with E-state index in [1.54, 1.807) is 0 Å². The minimum absolute atomic E-state index is 0.230. The predicted molar refractivity (Wildman–Crippen MR) is 55.9 cm³/mol. The molecule has 0 spiro atoms. The van der Waals surface area contributed by atoms with E-state index >= 15 is 0 Å². The predicted octanol–water partition coefficient (Wildman–Crippen LogP) is -0.266. The van der Waals surface area contributed by atoms with Crippen molar-refractivity contribution in [1.82, 2.24) is 4.90 Å². The molecule has 1 atom stereocenters. The highest BCUT2D eigenvalue weighted by Crippen LogP contribution is 2.08. The minimum atomic E-state index is -2.80. The van der Waals surface area contributed by atoms with Crippen molar-refractivity contribution in [3.05, 3.63) is 0 Å². The molecule has 1 fully saturated rings. The van der Waals surface area contributed by atoms with Crippen molar-refractivity contribution in [2.45, 2.75) is 20.0 Å². The van der Waals surface area contributed by atoms with Gasteiger partial charge >= 0.3 is 0 Å². The molecule has 1 heterocycles. The summed E-state index contributed by atoms with van der Waals surface area (Å²) in [6.07, 6.45) is -0.351. The van der Waals surface area contributed by atoms with Crippen molar-refractivity contribution in [3.63, 3.8) is 0 Å². The molecule has 1 aliphatic rings. The molecule has 0 radical (unpaired) electrons. The Morgan fingerprint density at radius 3 is 2.21 bits per heavy atom. The number of hydrogen-bond acceptors (Lipinski definition) is 4. The summed E-state index contributed by atoms with van der Waals surface area (Å²) in [6, 6.07) is 0. The van der Waals surface area contributed by atoms with Crippen LogP contribution in [0.1, 0.15) is 13.8 Å². The normalized spacial score (nSPS) is 25.1. The van der Waals surface area contributed by atoms with Crippen LogP contribution in [0.5, 0.6) is 0 Å². The topological polar surface area (TPSA) is 57.6 Å². The largest absolute Gasteiger partial charge is 0.392 e. The zero-order chi connectivity index (χ0) is 10.8. The second kappa shape index (κ2) is 4.59. The van der Waals surface area contributed by atoms with Gasteiger partial charge in [-0.1, -0.05) is 13.8 Å². The van der Waals surface area contributed by atoms with Gasteiger partial charge in [-0.05, 0) is 5.92 Å². The molecule has 1 aliphatic heterocycles. The lowest BCUT2D eigenvalue weighted by atomic mass is 10.1. The smallest absolute Gasteiger partial charge is 0.152 e. The van der Waals surface area contributed by atoms with E-state index in [4.69, 9.17) is 0 Å². The first kappa shape index (κ1) is 11.9. The molecule has 0 bridgehead atoms. The number of aliphatic hydroxyl groups excluding tert-OH is 1. The van der Waals surface area contributed by atoms with Crippen molar-refractivity contribution in [1.29, 1.82) is 0 Å². The van der Waals surface area contributed by atoms with E-state index in [-0.39, 0.29) is 23.5 Å². The first-order valence-corrected chi connectivity index (χ1v) is 6.84. The van der Waals surface area contributed by atoms with Gasteiger partial charge < -0.3 is 5.11 Å². The van der Waals surface area contributed by atoms with E-state index in [2.05, 4.69) is 0 Å². The van der Waals surface area contributed by atoms with Crippen LogP contribution in [-0.2, 0) is 9.84 Å². The highest BCUT2D eigenvalue weighted by molar-refractivity contribution is 7.91. The van der Waals surface area contributed by atoms with E-state index in [0.29, 0.717) is 19.6 Å². The summed E-state index contributed by atoms with van der Waals surface area (Å²) in [7, 11) is -2.80. The Morgan fingerprint density at radius 1 is 1.29 bits per heavy atom. The highest BCUT2D eigenvalue weighted by Gasteiger charge is 2.23. The lowest BCUT2D eigenvalue weighted by Crippen LogP contribution is -2.44. The van der Waals surface area contributed by atoms with Gasteiger partial charge in [0, 0.05) is 19.6 Å². The van der Waals surface area contributed by atoms with Crippen LogP contribution in [0.3, 0.4) is 0 Å². The van der Waals surface area contributed by atoms with Crippen LogP contribution in [0.4, 0.5) is 0 Å². The van der Waals surface area contributed by atoms with E-state index in [9.17, 15) is 13.5 Å². The summed E-state index contributed by atoms with van der Waals surface area (Å²) in [6.45, 7) is 5.64. The lowest BCUT2D eigenvalue weighted by molar-refractivity contribution is 0.0796. The molecule has 0 saturated carbocycles. The standard InChI is InChI=1S/C9H19NO3S/c1-8(2)9(11)7-10-3-5-14(12,13)6-4-10/h8-9,11H,3-7H2,1-2H3. The third-order valence-electron chi connectivity index (χ3n) is 2.65. The van der Waals surface area contributed by atoms with Crippen LogP contribution in [0.15, 0.2) is 0 Å². The Balaban J connectivity index is 2.36. The first-order valence-electron chi connectivity index (χ1n) is 5.01. The molecule has 0 aromatic rings. The molecule has 0 aliphatic carbocycles. The van der Waals surface area contributed by atoms with Crippen LogP contribution in [-0.4, -0.2) is 55.7 Å². The summed E-state index contributed by atoms with van der Waals surface area (Å²) in [5, 5.41) is 9.62. The van der Waals surface area contributed by atoms with E-state index in [1.165, 1.54) is 0 Å². The molecule has 1 unspecified atom stereocenters. The molecule has 0 aromatic heterocycles. The van der Waals surface area contributed by atoms with E-state index < -0.39 is 9.84 Å². The van der Waals surface area contributed by atoms with Gasteiger partial charge in [0.15, 0.2) is 9.84 Å². The average molecular weight is 221 g/mol. The molecule has 14 heavy (non-hydrogen) atoms. The molecule has 1 N–H and O–H groups in total. The van der Waals surface area contributed by atoms with Crippen molar-refractivity contribution in [2.24, 2.45) is 5.92 Å². The van der Waals surface area contributed by atoms with Crippen LogP contribution < -0.4 is 0 Å². The number of rotatable bonds is 3. The summed E-state index contributed by atoms with van der Waals surface area (Å²) in [5.41, 5.74) is 0. The van der Waals surface area contributed by atoms with Gasteiger partial charge in [0.25, 0.3) is 0 Å². The van der Waals surface area contributed by atoms with Gasteiger partial charge in [-0.25, -0.2) is 8.42 Å². The quantitative estimate of drug-likeness (QED) is 0.713. The first-order chi connectivity index (χ1) is 6.41. The van der Waals surface area contributed by atoms with Crippen molar-refractivity contribution < 1.29 is 13.5 Å². The maximum Gasteiger partial charge on any atom is 0.152 e. The SMILES string of the molecule is CC(C)C(O)CN1CCS(=O)(=O)CC1. The second-order valence-corrected chi connectivity index (χ2v) is 6.57. The summed E-state index contributed by atoms with van der Waals surface area (Å²) in [4.78, 5) is 2.02. The van der Waals surface area contributed by atoms with Gasteiger partial charge in [0.05, 0.1) is 17.6 Å². The van der Waals surface area contributed by atoms with Crippen molar-refractivity contribution in [2.75, 3.05) is 31.1 Å². The third-order valence-corrected chi connectivity index (χ3v) is 4.26. The van der Waals surface area contributed by atoms with Crippen molar-refractivity contribution >= 4 is 9.84 Å². The number of sulfone groups is 1. The number of nitrogens with zero attached hydrogens (tertiary/aromatic N) is 1. The zero-order valence-electron chi connectivity index (χ0n) is 8.81. The monoisotopic (exact) mass is 221 g/mol. The summed E-state index contributed by atoms with van der Waals surface area (Å²) in [5.74, 6) is 0.698. The van der Waals surface area contributed by atoms with Gasteiger partial charge in [0.1, 0.15) is 0 Å². The van der Waals surface area contributed by atoms with Crippen LogP contribution >= 0.6 is 0 Å². The fraction of sp³-hybridized carbons (Fsp3) is 1.00. The number of hydrogen-bond donors (Lipinski definition) is 1. The van der Waals surface area contributed by atoms with E-state index in [1.807, 2.05) is 18.7 Å². The molecule has 0 amide bonds. The Labute approximate surface area is 85.8 Å². The number of aliphatic hydroxyl groups is 1. The highest BCUT2D eigenvalue weighted by atomic mass is 32.2. The molecule has 84 valence electrons. The fourth-order valence-electron chi connectivity index (χ4n) is 1.41. The zero-order valence-corrected chi connectivity index (χ0v) is 9.63. The Kier molecular flexibility index (Phi) is 3.92. The summed E-state index contributed by atoms with van der Waals surface area (Å²) >= 11 is 0. The van der Waals surface area contributed by atoms with Gasteiger partial charge in [0.2, 0.25) is 0 Å². The van der Waals surface area contributed by atoms with Crippen LogP contribution in [0, 0.1) is 5.92 Å². The molecule has 5 heteroatoms. The summed E-state index contributed by atoms with van der Waals surface area (Å²) < 4.78 is 22.3. The third kappa shape index (κ3) is 3.55. The van der Waals surface area contributed by atoms with Crippen molar-refractivity contribution in [3.8, 4) is 0 Å². The second-order valence-electron chi connectivity index (χ2n) is 4.26. The fourth-order valence-corrected chi connectivity index (χ4v) is 2.69. The Hall–Kier alpha value is -0.130.